The van der Waals surface area contributed by atoms with E-state index in [0.717, 1.165) is 29.1 Å². The van der Waals surface area contributed by atoms with Crippen molar-refractivity contribution in [3.63, 3.8) is 0 Å². The number of hydrogen-bond acceptors (Lipinski definition) is 3. The van der Waals surface area contributed by atoms with Gasteiger partial charge in [-0.05, 0) is 48.7 Å². The second kappa shape index (κ2) is 7.86. The highest BCUT2D eigenvalue weighted by Crippen LogP contribution is 2.39. The number of benzene rings is 2. The van der Waals surface area contributed by atoms with E-state index in [1.807, 2.05) is 48.7 Å². The van der Waals surface area contributed by atoms with Gasteiger partial charge in [-0.3, -0.25) is 4.72 Å². The van der Waals surface area contributed by atoms with E-state index in [2.05, 4.69) is 22.3 Å². The molecule has 0 saturated heterocycles. The Morgan fingerprint density at radius 3 is 2.50 bits per heavy atom. The van der Waals surface area contributed by atoms with Crippen LogP contribution in [0.4, 0.5) is 5.69 Å². The molecule has 28 heavy (non-hydrogen) atoms. The van der Waals surface area contributed by atoms with E-state index < -0.39 is 15.6 Å². The standard InChI is InChI=1S/C21H22ClN3O2S/c1-3-21(13-5-14-23,16-8-10-17(22)11-9-16)25-15-12-18-19(24-28(2,26)27)6-4-7-20(18)25/h4,6-12,15,24H,3,5,13H2,1-2H3. The predicted molar refractivity (Wildman–Crippen MR) is 114 cm³/mol. The molecule has 7 heteroatoms. The lowest BCUT2D eigenvalue weighted by atomic mass is 9.82. The second-order valence-corrected chi connectivity index (χ2v) is 9.03. The number of sulfonamides is 1. The minimum absolute atomic E-state index is 0.400. The van der Waals surface area contributed by atoms with Crippen LogP contribution in [-0.2, 0) is 15.6 Å². The molecule has 0 bridgehead atoms. The van der Waals surface area contributed by atoms with Gasteiger partial charge in [-0.2, -0.15) is 5.26 Å². The molecule has 146 valence electrons. The first-order chi connectivity index (χ1) is 13.3. The van der Waals surface area contributed by atoms with Crippen molar-refractivity contribution in [1.29, 1.82) is 5.26 Å². The molecule has 0 amide bonds. The van der Waals surface area contributed by atoms with Gasteiger partial charge in [0.15, 0.2) is 0 Å². The van der Waals surface area contributed by atoms with Crippen molar-refractivity contribution in [2.45, 2.75) is 31.7 Å². The number of rotatable bonds is 7. The molecule has 2 aromatic carbocycles. The Balaban J connectivity index is 2.23. The fourth-order valence-corrected chi connectivity index (χ4v) is 4.51. The van der Waals surface area contributed by atoms with Crippen molar-refractivity contribution in [3.8, 4) is 6.07 Å². The Labute approximate surface area is 170 Å². The molecule has 0 aliphatic carbocycles. The zero-order chi connectivity index (χ0) is 20.4. The molecule has 3 aromatic rings. The second-order valence-electron chi connectivity index (χ2n) is 6.85. The van der Waals surface area contributed by atoms with E-state index in [1.165, 1.54) is 0 Å². The predicted octanol–water partition coefficient (Wildman–Crippen LogP) is 5.12. The molecule has 5 nitrogen and oxygen atoms in total. The van der Waals surface area contributed by atoms with Crippen LogP contribution in [0.5, 0.6) is 0 Å². The van der Waals surface area contributed by atoms with Crippen molar-refractivity contribution in [1.82, 2.24) is 4.57 Å². The summed E-state index contributed by atoms with van der Waals surface area (Å²) in [6, 6.07) is 17.4. The molecule has 1 aromatic heterocycles. The van der Waals surface area contributed by atoms with Crippen LogP contribution in [0.2, 0.25) is 5.02 Å². The van der Waals surface area contributed by atoms with Crippen LogP contribution in [0.25, 0.3) is 10.9 Å². The van der Waals surface area contributed by atoms with E-state index in [0.29, 0.717) is 23.6 Å². The fourth-order valence-electron chi connectivity index (χ4n) is 3.81. The number of nitrogens with one attached hydrogen (secondary N) is 1. The zero-order valence-corrected chi connectivity index (χ0v) is 17.4. The summed E-state index contributed by atoms with van der Waals surface area (Å²) in [5.41, 5.74) is 2.07. The number of nitriles is 1. The highest BCUT2D eigenvalue weighted by molar-refractivity contribution is 7.92. The molecular formula is C21H22ClN3O2S. The highest BCUT2D eigenvalue weighted by atomic mass is 35.5. The first-order valence-electron chi connectivity index (χ1n) is 9.02. The monoisotopic (exact) mass is 415 g/mol. The SMILES string of the molecule is CCC(CCC#N)(c1ccc(Cl)cc1)n1ccc2c(NS(C)(=O)=O)cccc21. The number of anilines is 1. The zero-order valence-electron chi connectivity index (χ0n) is 15.8. The molecule has 0 aliphatic heterocycles. The Bertz CT molecular complexity index is 1130. The van der Waals surface area contributed by atoms with Crippen LogP contribution < -0.4 is 4.72 Å². The van der Waals surface area contributed by atoms with Gasteiger partial charge in [-0.15, -0.1) is 0 Å². The molecule has 0 spiro atoms. The molecule has 1 atom stereocenters. The summed E-state index contributed by atoms with van der Waals surface area (Å²) in [4.78, 5) is 0. The third-order valence-corrected chi connectivity index (χ3v) is 5.95. The summed E-state index contributed by atoms with van der Waals surface area (Å²) in [7, 11) is -3.39. The summed E-state index contributed by atoms with van der Waals surface area (Å²) < 4.78 is 28.2. The Morgan fingerprint density at radius 2 is 1.89 bits per heavy atom. The Morgan fingerprint density at radius 1 is 1.18 bits per heavy atom. The lowest BCUT2D eigenvalue weighted by molar-refractivity contribution is 0.329. The summed E-state index contributed by atoms with van der Waals surface area (Å²) in [5, 5.41) is 10.7. The lowest BCUT2D eigenvalue weighted by Gasteiger charge is -2.36. The normalized spacial score (nSPS) is 13.8. The van der Waals surface area contributed by atoms with E-state index >= 15 is 0 Å². The average Bonchev–Trinajstić information content (AvgIpc) is 3.09. The first-order valence-corrected chi connectivity index (χ1v) is 11.3. The van der Waals surface area contributed by atoms with Gasteiger partial charge in [0, 0.05) is 23.0 Å². The molecule has 0 fully saturated rings. The number of aromatic nitrogens is 1. The van der Waals surface area contributed by atoms with Crippen LogP contribution in [0.15, 0.2) is 54.7 Å². The van der Waals surface area contributed by atoms with E-state index in [4.69, 9.17) is 11.6 Å². The van der Waals surface area contributed by atoms with Gasteiger partial charge in [0.1, 0.15) is 0 Å². The van der Waals surface area contributed by atoms with Gasteiger partial charge < -0.3 is 4.57 Å². The van der Waals surface area contributed by atoms with Gasteiger partial charge in [-0.25, -0.2) is 8.42 Å². The average molecular weight is 416 g/mol. The van der Waals surface area contributed by atoms with Gasteiger partial charge in [0.2, 0.25) is 10.0 Å². The van der Waals surface area contributed by atoms with E-state index in [-0.39, 0.29) is 0 Å². The molecule has 0 aliphatic rings. The van der Waals surface area contributed by atoms with Crippen molar-refractivity contribution in [3.05, 3.63) is 65.3 Å². The third kappa shape index (κ3) is 3.87. The minimum atomic E-state index is -3.39. The van der Waals surface area contributed by atoms with Gasteiger partial charge >= 0.3 is 0 Å². The highest BCUT2D eigenvalue weighted by Gasteiger charge is 2.33. The topological polar surface area (TPSA) is 74.9 Å². The largest absolute Gasteiger partial charge is 0.337 e. The number of fused-ring (bicyclic) bond motifs is 1. The third-order valence-electron chi connectivity index (χ3n) is 5.11. The summed E-state index contributed by atoms with van der Waals surface area (Å²) in [5.74, 6) is 0. The number of hydrogen-bond donors (Lipinski definition) is 1. The van der Waals surface area contributed by atoms with Gasteiger partial charge in [-0.1, -0.05) is 36.7 Å². The molecule has 1 unspecified atom stereocenters. The number of halogens is 1. The van der Waals surface area contributed by atoms with Crippen LogP contribution in [0.3, 0.4) is 0 Å². The van der Waals surface area contributed by atoms with Crippen LogP contribution >= 0.6 is 11.6 Å². The smallest absolute Gasteiger partial charge is 0.229 e. The molecule has 1 N–H and O–H groups in total. The summed E-state index contributed by atoms with van der Waals surface area (Å²) in [6.45, 7) is 2.09. The van der Waals surface area contributed by atoms with Gasteiger partial charge in [0.05, 0.1) is 29.1 Å². The molecule has 3 rings (SSSR count). The molecule has 0 radical (unpaired) electrons. The van der Waals surface area contributed by atoms with Crippen LogP contribution in [0, 0.1) is 11.3 Å². The molecular weight excluding hydrogens is 394 g/mol. The first kappa shape index (κ1) is 20.2. The van der Waals surface area contributed by atoms with Crippen molar-refractivity contribution in [2.24, 2.45) is 0 Å². The lowest BCUT2D eigenvalue weighted by Crippen LogP contribution is -2.33. The fraction of sp³-hybridized carbons (Fsp3) is 0.286. The van der Waals surface area contributed by atoms with Gasteiger partial charge in [0.25, 0.3) is 0 Å². The van der Waals surface area contributed by atoms with E-state index in [9.17, 15) is 13.7 Å². The van der Waals surface area contributed by atoms with Crippen molar-refractivity contribution in [2.75, 3.05) is 11.0 Å². The van der Waals surface area contributed by atoms with E-state index in [1.54, 1.807) is 6.07 Å². The molecule has 0 saturated carbocycles. The maximum absolute atomic E-state index is 11.7. The van der Waals surface area contributed by atoms with Crippen LogP contribution in [-0.4, -0.2) is 19.2 Å². The number of nitrogens with zero attached hydrogens (tertiary/aromatic N) is 2. The summed E-state index contributed by atoms with van der Waals surface area (Å²) in [6.07, 6.45) is 4.91. The van der Waals surface area contributed by atoms with Crippen LogP contribution in [0.1, 0.15) is 31.7 Å². The molecule has 1 heterocycles. The summed E-state index contributed by atoms with van der Waals surface area (Å²) >= 11 is 6.09. The Hall–Kier alpha value is -2.49. The maximum Gasteiger partial charge on any atom is 0.229 e. The Kier molecular flexibility index (Phi) is 5.69. The maximum atomic E-state index is 11.7. The van der Waals surface area contributed by atoms with Crippen molar-refractivity contribution >= 4 is 38.2 Å². The minimum Gasteiger partial charge on any atom is -0.337 e. The van der Waals surface area contributed by atoms with Crippen molar-refractivity contribution < 1.29 is 8.42 Å². The quantitative estimate of drug-likeness (QED) is 0.581.